The van der Waals surface area contributed by atoms with Crippen LogP contribution in [-0.2, 0) is 4.79 Å². The first kappa shape index (κ1) is 22.7. The van der Waals surface area contributed by atoms with E-state index in [2.05, 4.69) is 0 Å². The highest BCUT2D eigenvalue weighted by Gasteiger charge is 2.39. The van der Waals surface area contributed by atoms with Crippen LogP contribution >= 0.6 is 0 Å². The maximum atomic E-state index is 14.9. The molecule has 0 aliphatic rings. The Morgan fingerprint density at radius 3 is 0.900 bits per heavy atom. The Balaban J connectivity index is 1.35. The van der Waals surface area contributed by atoms with E-state index in [1.165, 1.54) is 0 Å². The molecule has 0 N–H and O–H groups in total. The highest BCUT2D eigenvalue weighted by atomic mass is 16.4. The van der Waals surface area contributed by atoms with Crippen LogP contribution in [0, 0.1) is 0 Å². The second kappa shape index (κ2) is 8.89. The van der Waals surface area contributed by atoms with E-state index >= 15 is 0 Å². The van der Waals surface area contributed by atoms with Crippen LogP contribution in [0.25, 0.3) is 43.9 Å². The molecule has 0 bridgehead atoms. The summed E-state index contributed by atoms with van der Waals surface area (Å²) >= 11 is 0. The van der Waals surface area contributed by atoms with Gasteiger partial charge in [-0.3, -0.25) is 4.79 Å². The summed E-state index contributed by atoms with van der Waals surface area (Å²) < 4.78 is 25.2. The summed E-state index contributed by atoms with van der Waals surface area (Å²) in [5.74, 6) is 0.156. The summed E-state index contributed by atoms with van der Waals surface area (Å²) in [5.41, 5.74) is 2.82. The van der Waals surface area contributed by atoms with Crippen LogP contribution < -0.4 is 0 Å². The molecule has 0 atom stereocenters. The van der Waals surface area contributed by atoms with E-state index in [1.807, 2.05) is 121 Å². The van der Waals surface area contributed by atoms with E-state index in [1.54, 1.807) is 0 Å². The molecular formula is C35H22O5. The maximum Gasteiger partial charge on any atom is 0.169 e. The molecule has 8 rings (SSSR count). The average molecular weight is 523 g/mol. The fraction of sp³-hybridized carbons (Fsp3) is 0.0571. The summed E-state index contributed by atoms with van der Waals surface area (Å²) in [5, 5.41) is 3.65. The molecule has 4 aromatic heterocycles. The van der Waals surface area contributed by atoms with Gasteiger partial charge in [0.15, 0.2) is 5.78 Å². The minimum atomic E-state index is -0.841. The van der Waals surface area contributed by atoms with Crippen molar-refractivity contribution in [2.24, 2.45) is 0 Å². The standard InChI is InChI=1S/C35H22O5/c36-35(33(29-17-21-9-1-5-13-25(21)37-29)30-18-22-10-2-6-14-26(22)38-30)34(31-19-23-11-3-7-15-27(23)39-31)32-20-24-12-4-8-16-28(24)40-32/h1-20,33-34H. The van der Waals surface area contributed by atoms with Crippen molar-refractivity contribution in [1.82, 2.24) is 0 Å². The number of rotatable bonds is 6. The lowest BCUT2D eigenvalue weighted by atomic mass is 9.85. The Hall–Kier alpha value is -5.29. The monoisotopic (exact) mass is 522 g/mol. The highest BCUT2D eigenvalue weighted by molar-refractivity contribution is 5.98. The van der Waals surface area contributed by atoms with E-state index in [0.29, 0.717) is 45.4 Å². The third kappa shape index (κ3) is 3.67. The number of benzene rings is 4. The first-order valence-electron chi connectivity index (χ1n) is 13.2. The Morgan fingerprint density at radius 1 is 0.400 bits per heavy atom. The SMILES string of the molecule is O=C(C(c1cc2ccccc2o1)c1cc2ccccc2o1)C(c1cc2ccccc2o1)c1cc2ccccc2o1. The molecular weight excluding hydrogens is 500 g/mol. The summed E-state index contributed by atoms with van der Waals surface area (Å²) in [7, 11) is 0. The Kier molecular flexibility index (Phi) is 5.04. The zero-order chi connectivity index (χ0) is 26.6. The van der Waals surface area contributed by atoms with Crippen LogP contribution in [0.5, 0.6) is 0 Å². The lowest BCUT2D eigenvalue weighted by Crippen LogP contribution is -2.21. The van der Waals surface area contributed by atoms with Gasteiger partial charge in [-0.1, -0.05) is 72.8 Å². The molecule has 0 saturated heterocycles. The van der Waals surface area contributed by atoms with Crippen molar-refractivity contribution in [3.05, 3.63) is 144 Å². The lowest BCUT2D eigenvalue weighted by Gasteiger charge is -2.17. The zero-order valence-electron chi connectivity index (χ0n) is 21.2. The molecule has 40 heavy (non-hydrogen) atoms. The molecule has 0 aliphatic carbocycles. The number of carbonyl (C=O) groups is 1. The third-order valence-electron chi connectivity index (χ3n) is 7.49. The fourth-order valence-electron chi connectivity index (χ4n) is 5.59. The van der Waals surface area contributed by atoms with Gasteiger partial charge in [0.05, 0.1) is 0 Å². The van der Waals surface area contributed by atoms with Gasteiger partial charge in [0.1, 0.15) is 57.2 Å². The van der Waals surface area contributed by atoms with Crippen LogP contribution in [0.3, 0.4) is 0 Å². The van der Waals surface area contributed by atoms with Gasteiger partial charge in [-0.2, -0.15) is 0 Å². The molecule has 0 aliphatic heterocycles. The zero-order valence-corrected chi connectivity index (χ0v) is 21.2. The molecule has 0 spiro atoms. The van der Waals surface area contributed by atoms with Crippen molar-refractivity contribution in [2.75, 3.05) is 0 Å². The number of ketones is 1. The average Bonchev–Trinajstić information content (AvgIpc) is 3.76. The van der Waals surface area contributed by atoms with Crippen molar-refractivity contribution in [1.29, 1.82) is 0 Å². The second-order valence-corrected chi connectivity index (χ2v) is 10.0. The van der Waals surface area contributed by atoms with Gasteiger partial charge in [0.25, 0.3) is 0 Å². The second-order valence-electron chi connectivity index (χ2n) is 10.0. The normalized spacial score (nSPS) is 12.1. The van der Waals surface area contributed by atoms with Crippen LogP contribution in [0.4, 0.5) is 0 Å². The molecule has 192 valence electrons. The number of carbonyl (C=O) groups excluding carboxylic acids is 1. The molecule has 4 aromatic carbocycles. The number of para-hydroxylation sites is 4. The molecule has 5 heteroatoms. The van der Waals surface area contributed by atoms with Crippen molar-refractivity contribution in [3.63, 3.8) is 0 Å². The van der Waals surface area contributed by atoms with E-state index in [0.717, 1.165) is 21.5 Å². The number of fused-ring (bicyclic) bond motifs is 4. The van der Waals surface area contributed by atoms with Gasteiger partial charge >= 0.3 is 0 Å². The van der Waals surface area contributed by atoms with Crippen LogP contribution in [-0.4, -0.2) is 5.78 Å². The number of Topliss-reactive ketones (excluding diaryl/α,β-unsaturated/α-hetero) is 1. The Labute approximate surface area is 228 Å². The van der Waals surface area contributed by atoms with Crippen molar-refractivity contribution in [2.45, 2.75) is 11.8 Å². The van der Waals surface area contributed by atoms with Gasteiger partial charge < -0.3 is 17.7 Å². The van der Waals surface area contributed by atoms with Crippen LogP contribution in [0.2, 0.25) is 0 Å². The van der Waals surface area contributed by atoms with Gasteiger partial charge in [-0.05, 0) is 48.5 Å². The largest absolute Gasteiger partial charge is 0.460 e. The number of hydrogen-bond donors (Lipinski definition) is 0. The maximum absolute atomic E-state index is 14.9. The van der Waals surface area contributed by atoms with Crippen LogP contribution in [0.15, 0.2) is 139 Å². The Morgan fingerprint density at radius 2 is 0.650 bits per heavy atom. The summed E-state index contributed by atoms with van der Waals surface area (Å²) in [6.45, 7) is 0. The predicted octanol–water partition coefficient (Wildman–Crippen LogP) is 9.20. The first-order valence-corrected chi connectivity index (χ1v) is 13.2. The van der Waals surface area contributed by atoms with Gasteiger partial charge in [-0.25, -0.2) is 0 Å². The van der Waals surface area contributed by atoms with E-state index in [-0.39, 0.29) is 5.78 Å². The quantitative estimate of drug-likeness (QED) is 0.218. The first-order chi connectivity index (χ1) is 19.7. The molecule has 0 amide bonds. The molecule has 5 nitrogen and oxygen atoms in total. The summed E-state index contributed by atoms with van der Waals surface area (Å²) in [6.07, 6.45) is 0. The number of hydrogen-bond acceptors (Lipinski definition) is 5. The van der Waals surface area contributed by atoms with E-state index < -0.39 is 11.8 Å². The van der Waals surface area contributed by atoms with Gasteiger partial charge in [-0.15, -0.1) is 0 Å². The number of furan rings is 4. The molecule has 0 fully saturated rings. The third-order valence-corrected chi connectivity index (χ3v) is 7.49. The van der Waals surface area contributed by atoms with Crippen molar-refractivity contribution in [3.8, 4) is 0 Å². The smallest absolute Gasteiger partial charge is 0.169 e. The van der Waals surface area contributed by atoms with Crippen molar-refractivity contribution >= 4 is 49.7 Å². The summed E-state index contributed by atoms with van der Waals surface area (Å²) in [4.78, 5) is 14.9. The molecule has 8 aromatic rings. The fourth-order valence-corrected chi connectivity index (χ4v) is 5.59. The van der Waals surface area contributed by atoms with Crippen molar-refractivity contribution < 1.29 is 22.5 Å². The molecule has 0 unspecified atom stereocenters. The highest BCUT2D eigenvalue weighted by Crippen LogP contribution is 2.42. The predicted molar refractivity (Wildman–Crippen MR) is 154 cm³/mol. The molecule has 0 saturated carbocycles. The minimum absolute atomic E-state index is 0.170. The molecule has 4 heterocycles. The Bertz CT molecular complexity index is 1730. The van der Waals surface area contributed by atoms with E-state index in [9.17, 15) is 4.79 Å². The van der Waals surface area contributed by atoms with Gasteiger partial charge in [0, 0.05) is 21.5 Å². The van der Waals surface area contributed by atoms with Crippen LogP contribution in [0.1, 0.15) is 34.9 Å². The van der Waals surface area contributed by atoms with Gasteiger partial charge in [0.2, 0.25) is 0 Å². The topological polar surface area (TPSA) is 69.6 Å². The lowest BCUT2D eigenvalue weighted by molar-refractivity contribution is -0.121. The minimum Gasteiger partial charge on any atom is -0.460 e. The molecule has 0 radical (unpaired) electrons. The summed E-state index contributed by atoms with van der Waals surface area (Å²) in [6, 6.07) is 38.6. The van der Waals surface area contributed by atoms with E-state index in [4.69, 9.17) is 17.7 Å².